The molecule has 5 nitrogen and oxygen atoms in total. The third-order valence-corrected chi connectivity index (χ3v) is 4.37. The fourth-order valence-corrected chi connectivity index (χ4v) is 3.12. The number of thiazole rings is 1. The lowest BCUT2D eigenvalue weighted by molar-refractivity contribution is -0.168. The second-order valence-corrected chi connectivity index (χ2v) is 6.06. The van der Waals surface area contributed by atoms with Crippen LogP contribution in [0.4, 0.5) is 0 Å². The summed E-state index contributed by atoms with van der Waals surface area (Å²) in [6.07, 6.45) is 2.99. The molecule has 0 bridgehead atoms. The molecule has 1 saturated heterocycles. The van der Waals surface area contributed by atoms with Gasteiger partial charge < -0.3 is 14.6 Å². The zero-order valence-corrected chi connectivity index (χ0v) is 12.8. The highest BCUT2D eigenvalue weighted by atomic mass is 32.1. The first-order chi connectivity index (χ1) is 10.7. The Morgan fingerprint density at radius 2 is 2.36 bits per heavy atom. The van der Waals surface area contributed by atoms with E-state index in [0.29, 0.717) is 6.61 Å². The van der Waals surface area contributed by atoms with Gasteiger partial charge in [-0.25, -0.2) is 9.78 Å². The third kappa shape index (κ3) is 3.52. The molecule has 3 rings (SSSR count). The van der Waals surface area contributed by atoms with E-state index in [9.17, 15) is 4.79 Å². The quantitative estimate of drug-likeness (QED) is 0.912. The fraction of sp³-hybridized carbons (Fsp3) is 0.375. The molecule has 1 aliphatic rings. The van der Waals surface area contributed by atoms with E-state index in [1.165, 1.54) is 11.3 Å². The van der Waals surface area contributed by atoms with Crippen LogP contribution < -0.4 is 0 Å². The third-order valence-electron chi connectivity index (χ3n) is 3.56. The van der Waals surface area contributed by atoms with Crippen LogP contribution in [0.5, 0.6) is 0 Å². The Hall–Kier alpha value is -1.76. The molecule has 2 heterocycles. The van der Waals surface area contributed by atoms with Crippen molar-refractivity contribution in [3.8, 4) is 11.3 Å². The lowest BCUT2D eigenvalue weighted by atomic mass is 10.1. The van der Waals surface area contributed by atoms with Gasteiger partial charge in [0.1, 0.15) is 0 Å². The van der Waals surface area contributed by atoms with Gasteiger partial charge in [0.05, 0.1) is 28.3 Å². The van der Waals surface area contributed by atoms with Crippen molar-refractivity contribution in [3.63, 3.8) is 0 Å². The van der Waals surface area contributed by atoms with Gasteiger partial charge in [0.2, 0.25) is 0 Å². The topological polar surface area (TPSA) is 68.7 Å². The summed E-state index contributed by atoms with van der Waals surface area (Å²) in [6, 6.07) is 6.80. The second-order valence-electron chi connectivity index (χ2n) is 5.12. The smallest absolute Gasteiger partial charge is 0.335 e. The summed E-state index contributed by atoms with van der Waals surface area (Å²) in [5.74, 6) is -0.939. The first-order valence-electron chi connectivity index (χ1n) is 7.23. The van der Waals surface area contributed by atoms with Crippen LogP contribution in [0, 0.1) is 0 Å². The number of rotatable bonds is 5. The molecular weight excluding hydrogens is 302 g/mol. The molecule has 1 aromatic carbocycles. The van der Waals surface area contributed by atoms with E-state index < -0.39 is 5.97 Å². The molecule has 116 valence electrons. The van der Waals surface area contributed by atoms with Crippen molar-refractivity contribution in [2.45, 2.75) is 32.2 Å². The Bertz CT molecular complexity index is 649. The molecule has 0 amide bonds. The van der Waals surface area contributed by atoms with Gasteiger partial charge in [-0.1, -0.05) is 12.1 Å². The van der Waals surface area contributed by atoms with Gasteiger partial charge >= 0.3 is 5.97 Å². The molecule has 0 aliphatic carbocycles. The standard InChI is InChI=1S/C16H17NO4S/c18-16(19)12-5-3-4-11(8-12)15-13(22-10-17-15)9-21-14-6-1-2-7-20-14/h3-5,8,10,14H,1-2,6-7,9H2,(H,18,19). The molecule has 0 radical (unpaired) electrons. The van der Waals surface area contributed by atoms with Crippen LogP contribution in [0.2, 0.25) is 0 Å². The number of nitrogens with zero attached hydrogens (tertiary/aromatic N) is 1. The summed E-state index contributed by atoms with van der Waals surface area (Å²) in [5, 5.41) is 9.09. The van der Waals surface area contributed by atoms with E-state index >= 15 is 0 Å². The minimum absolute atomic E-state index is 0.144. The Labute approximate surface area is 132 Å². The highest BCUT2D eigenvalue weighted by Crippen LogP contribution is 2.28. The predicted molar refractivity (Wildman–Crippen MR) is 82.9 cm³/mol. The molecule has 0 spiro atoms. The number of carboxylic acid groups (broad SMARTS) is 1. The molecule has 1 N–H and O–H groups in total. The second kappa shape index (κ2) is 7.00. The van der Waals surface area contributed by atoms with E-state index in [1.54, 1.807) is 23.7 Å². The van der Waals surface area contributed by atoms with Gasteiger partial charge in [0.15, 0.2) is 6.29 Å². The maximum atomic E-state index is 11.1. The average molecular weight is 319 g/mol. The van der Waals surface area contributed by atoms with Crippen molar-refractivity contribution in [1.29, 1.82) is 0 Å². The summed E-state index contributed by atoms with van der Waals surface area (Å²) in [6.45, 7) is 1.18. The van der Waals surface area contributed by atoms with Gasteiger partial charge in [-0.3, -0.25) is 0 Å². The summed E-state index contributed by atoms with van der Waals surface area (Å²) < 4.78 is 11.4. The number of carboxylic acids is 1. The molecule has 1 unspecified atom stereocenters. The summed E-state index contributed by atoms with van der Waals surface area (Å²) in [4.78, 5) is 16.4. The Morgan fingerprint density at radius 1 is 1.45 bits per heavy atom. The molecule has 1 atom stereocenters. The van der Waals surface area contributed by atoms with Crippen molar-refractivity contribution < 1.29 is 19.4 Å². The van der Waals surface area contributed by atoms with E-state index in [-0.39, 0.29) is 11.9 Å². The highest BCUT2D eigenvalue weighted by molar-refractivity contribution is 7.10. The maximum Gasteiger partial charge on any atom is 0.335 e. The Balaban J connectivity index is 1.74. The van der Waals surface area contributed by atoms with Gasteiger partial charge in [-0.15, -0.1) is 11.3 Å². The summed E-state index contributed by atoms with van der Waals surface area (Å²) >= 11 is 1.51. The van der Waals surface area contributed by atoms with E-state index in [0.717, 1.165) is 42.0 Å². The van der Waals surface area contributed by atoms with E-state index in [1.807, 2.05) is 6.07 Å². The molecule has 2 aromatic rings. The van der Waals surface area contributed by atoms with Gasteiger partial charge in [-0.2, -0.15) is 0 Å². The lowest BCUT2D eigenvalue weighted by Gasteiger charge is -2.22. The number of aromatic nitrogens is 1. The average Bonchev–Trinajstić information content (AvgIpc) is 3.02. The number of aromatic carboxylic acids is 1. The minimum Gasteiger partial charge on any atom is -0.478 e. The highest BCUT2D eigenvalue weighted by Gasteiger charge is 2.17. The Kier molecular flexibility index (Phi) is 4.82. The molecule has 1 aromatic heterocycles. The van der Waals surface area contributed by atoms with Crippen LogP contribution in [-0.4, -0.2) is 29.0 Å². The van der Waals surface area contributed by atoms with Crippen molar-refractivity contribution >= 4 is 17.3 Å². The van der Waals surface area contributed by atoms with Crippen LogP contribution in [0.15, 0.2) is 29.8 Å². The fourth-order valence-electron chi connectivity index (χ4n) is 2.42. The molecule has 1 fully saturated rings. The number of carbonyl (C=O) groups is 1. The Morgan fingerprint density at radius 3 is 3.14 bits per heavy atom. The summed E-state index contributed by atoms with van der Waals surface area (Å²) in [7, 11) is 0. The molecule has 1 aliphatic heterocycles. The van der Waals surface area contributed by atoms with E-state index in [2.05, 4.69) is 4.98 Å². The number of benzene rings is 1. The van der Waals surface area contributed by atoms with Crippen molar-refractivity contribution in [3.05, 3.63) is 40.2 Å². The van der Waals surface area contributed by atoms with Gasteiger partial charge in [-0.05, 0) is 31.4 Å². The van der Waals surface area contributed by atoms with Gasteiger partial charge in [0.25, 0.3) is 0 Å². The van der Waals surface area contributed by atoms with Crippen LogP contribution >= 0.6 is 11.3 Å². The SMILES string of the molecule is O=C(O)c1cccc(-c2ncsc2COC2CCCCO2)c1. The van der Waals surface area contributed by atoms with Crippen LogP contribution in [0.1, 0.15) is 34.5 Å². The minimum atomic E-state index is -0.939. The number of ether oxygens (including phenoxy) is 2. The van der Waals surface area contributed by atoms with Crippen molar-refractivity contribution in [1.82, 2.24) is 4.98 Å². The number of hydrogen-bond acceptors (Lipinski definition) is 5. The van der Waals surface area contributed by atoms with Crippen molar-refractivity contribution in [2.75, 3.05) is 6.61 Å². The maximum absolute atomic E-state index is 11.1. The molecule has 6 heteroatoms. The monoisotopic (exact) mass is 319 g/mol. The molecule has 22 heavy (non-hydrogen) atoms. The first-order valence-corrected chi connectivity index (χ1v) is 8.11. The molecular formula is C16H17NO4S. The van der Waals surface area contributed by atoms with Crippen LogP contribution in [-0.2, 0) is 16.1 Å². The zero-order valence-electron chi connectivity index (χ0n) is 12.0. The number of hydrogen-bond donors (Lipinski definition) is 1. The normalized spacial score (nSPS) is 18.3. The first kappa shape index (κ1) is 15.1. The van der Waals surface area contributed by atoms with E-state index in [4.69, 9.17) is 14.6 Å². The predicted octanol–water partition coefficient (Wildman–Crippen LogP) is 3.55. The zero-order chi connectivity index (χ0) is 15.4. The van der Waals surface area contributed by atoms with Crippen LogP contribution in [0.3, 0.4) is 0 Å². The van der Waals surface area contributed by atoms with Gasteiger partial charge in [0, 0.05) is 12.2 Å². The summed E-state index contributed by atoms with van der Waals surface area (Å²) in [5.41, 5.74) is 3.59. The van der Waals surface area contributed by atoms with Crippen LogP contribution in [0.25, 0.3) is 11.3 Å². The molecule has 0 saturated carbocycles. The van der Waals surface area contributed by atoms with Crippen molar-refractivity contribution in [2.24, 2.45) is 0 Å². The lowest BCUT2D eigenvalue weighted by Crippen LogP contribution is -2.21. The largest absolute Gasteiger partial charge is 0.478 e.